The van der Waals surface area contributed by atoms with Gasteiger partial charge in [-0.1, -0.05) is 29.5 Å². The van der Waals surface area contributed by atoms with E-state index in [9.17, 15) is 13.2 Å². The van der Waals surface area contributed by atoms with E-state index in [2.05, 4.69) is 10.3 Å². The fraction of sp³-hybridized carbons (Fsp3) is 0.222. The molecule has 136 valence electrons. The maximum Gasteiger partial charge on any atom is 0.264 e. The molecule has 0 fully saturated rings. The number of anilines is 1. The van der Waals surface area contributed by atoms with Crippen molar-refractivity contribution >= 4 is 38.5 Å². The number of amidine groups is 1. The van der Waals surface area contributed by atoms with Crippen molar-refractivity contribution in [2.24, 2.45) is 4.99 Å². The van der Waals surface area contributed by atoms with Gasteiger partial charge in [-0.15, -0.1) is 0 Å². The highest BCUT2D eigenvalue weighted by atomic mass is 32.2. The summed E-state index contributed by atoms with van der Waals surface area (Å²) in [6.45, 7) is 2.61. The van der Waals surface area contributed by atoms with E-state index in [0.717, 1.165) is 11.3 Å². The van der Waals surface area contributed by atoms with Gasteiger partial charge >= 0.3 is 0 Å². The molecule has 0 bridgehead atoms. The highest BCUT2D eigenvalue weighted by Gasteiger charge is 2.21. The smallest absolute Gasteiger partial charge is 0.264 e. The number of thioether (sulfide) groups is 1. The third-order valence-electron chi connectivity index (χ3n) is 3.98. The van der Waals surface area contributed by atoms with Crippen LogP contribution < -0.4 is 9.62 Å². The summed E-state index contributed by atoms with van der Waals surface area (Å²) in [4.78, 5) is 16.6. The van der Waals surface area contributed by atoms with Crippen LogP contribution in [0.2, 0.25) is 0 Å². The molecular weight excluding hydrogens is 370 g/mol. The van der Waals surface area contributed by atoms with Gasteiger partial charge in [0.25, 0.3) is 15.9 Å². The number of nitrogens with zero attached hydrogens (tertiary/aromatic N) is 2. The van der Waals surface area contributed by atoms with E-state index < -0.39 is 10.0 Å². The number of benzene rings is 2. The summed E-state index contributed by atoms with van der Waals surface area (Å²) in [5.41, 5.74) is 1.92. The van der Waals surface area contributed by atoms with Crippen LogP contribution in [-0.4, -0.2) is 38.8 Å². The molecule has 1 N–H and O–H groups in total. The second-order valence-electron chi connectivity index (χ2n) is 5.82. The van der Waals surface area contributed by atoms with E-state index in [-0.39, 0.29) is 10.8 Å². The first-order valence-electron chi connectivity index (χ1n) is 8.02. The number of amides is 1. The minimum absolute atomic E-state index is 0.226. The van der Waals surface area contributed by atoms with Gasteiger partial charge in [-0.2, -0.15) is 0 Å². The average Bonchev–Trinajstić information content (AvgIpc) is 3.14. The molecule has 0 aliphatic carbocycles. The van der Waals surface area contributed by atoms with E-state index in [1.165, 1.54) is 23.1 Å². The molecule has 6 nitrogen and oxygen atoms in total. The quantitative estimate of drug-likeness (QED) is 0.872. The van der Waals surface area contributed by atoms with Crippen LogP contribution in [0.3, 0.4) is 0 Å². The molecule has 1 aliphatic heterocycles. The molecule has 2 aromatic carbocycles. The molecule has 1 aliphatic rings. The first-order chi connectivity index (χ1) is 12.4. The summed E-state index contributed by atoms with van der Waals surface area (Å²) in [6.07, 6.45) is 0. The number of hydrogen-bond donors (Lipinski definition) is 1. The fourth-order valence-electron chi connectivity index (χ4n) is 2.41. The van der Waals surface area contributed by atoms with Gasteiger partial charge in [0.05, 0.1) is 17.1 Å². The van der Waals surface area contributed by atoms with Crippen LogP contribution >= 0.6 is 11.8 Å². The Balaban J connectivity index is 1.76. The Morgan fingerprint density at radius 1 is 1.12 bits per heavy atom. The molecule has 0 aromatic heterocycles. The third kappa shape index (κ3) is 3.91. The predicted octanol–water partition coefficient (Wildman–Crippen LogP) is 2.65. The number of carbonyl (C=O) groups excluding carboxylic acids is 1. The topological polar surface area (TPSA) is 78.8 Å². The number of aryl methyl sites for hydroxylation is 1. The van der Waals surface area contributed by atoms with Crippen LogP contribution in [0, 0.1) is 6.92 Å². The molecule has 0 unspecified atom stereocenters. The maximum atomic E-state index is 12.7. The first kappa shape index (κ1) is 18.5. The van der Waals surface area contributed by atoms with Crippen molar-refractivity contribution in [2.45, 2.75) is 11.8 Å². The van der Waals surface area contributed by atoms with Crippen molar-refractivity contribution in [3.05, 3.63) is 59.7 Å². The standard InChI is InChI=1S/C18H19N3O3S2/c1-13-3-9-16(10-4-13)26(23,24)21(2)15-7-5-14(6-8-15)17(22)20-18-19-11-12-25-18/h3-10H,11-12H2,1-2H3,(H,19,20,22). The van der Waals surface area contributed by atoms with Crippen LogP contribution in [0.25, 0.3) is 0 Å². The lowest BCUT2D eigenvalue weighted by atomic mass is 10.2. The van der Waals surface area contributed by atoms with Gasteiger partial charge < -0.3 is 5.32 Å². The van der Waals surface area contributed by atoms with Crippen LogP contribution in [-0.2, 0) is 10.0 Å². The second kappa shape index (κ2) is 7.51. The van der Waals surface area contributed by atoms with Crippen molar-refractivity contribution in [1.82, 2.24) is 5.32 Å². The van der Waals surface area contributed by atoms with E-state index in [1.807, 2.05) is 6.92 Å². The lowest BCUT2D eigenvalue weighted by Crippen LogP contribution is -2.28. The van der Waals surface area contributed by atoms with Crippen LogP contribution in [0.1, 0.15) is 15.9 Å². The number of sulfonamides is 1. The largest absolute Gasteiger partial charge is 0.301 e. The van der Waals surface area contributed by atoms with Crippen LogP contribution in [0.4, 0.5) is 5.69 Å². The third-order valence-corrected chi connectivity index (χ3v) is 6.67. The van der Waals surface area contributed by atoms with Gasteiger partial charge in [0.2, 0.25) is 0 Å². The predicted molar refractivity (Wildman–Crippen MR) is 105 cm³/mol. The molecule has 3 rings (SSSR count). The molecule has 0 saturated carbocycles. The van der Waals surface area contributed by atoms with E-state index in [4.69, 9.17) is 0 Å². The van der Waals surface area contributed by atoms with Gasteiger partial charge in [0.1, 0.15) is 0 Å². The Morgan fingerprint density at radius 2 is 1.77 bits per heavy atom. The number of hydrogen-bond acceptors (Lipinski definition) is 5. The molecule has 0 radical (unpaired) electrons. The van der Waals surface area contributed by atoms with E-state index in [1.54, 1.807) is 48.5 Å². The van der Waals surface area contributed by atoms with Gasteiger partial charge in [0, 0.05) is 18.4 Å². The zero-order valence-electron chi connectivity index (χ0n) is 14.5. The van der Waals surface area contributed by atoms with Gasteiger partial charge in [0.15, 0.2) is 5.17 Å². The highest BCUT2D eigenvalue weighted by Crippen LogP contribution is 2.23. The van der Waals surface area contributed by atoms with Crippen molar-refractivity contribution in [3.8, 4) is 0 Å². The molecular formula is C18H19N3O3S2. The Labute approximate surface area is 157 Å². The van der Waals surface area contributed by atoms with Crippen molar-refractivity contribution in [1.29, 1.82) is 0 Å². The van der Waals surface area contributed by atoms with E-state index >= 15 is 0 Å². The fourth-order valence-corrected chi connectivity index (χ4v) is 4.33. The minimum Gasteiger partial charge on any atom is -0.301 e. The Morgan fingerprint density at radius 3 is 2.35 bits per heavy atom. The maximum absolute atomic E-state index is 12.7. The summed E-state index contributed by atoms with van der Waals surface area (Å²) < 4.78 is 26.6. The SMILES string of the molecule is Cc1ccc(S(=O)(=O)N(C)c2ccc(C(=O)NC3=NCCS3)cc2)cc1. The average molecular weight is 390 g/mol. The molecule has 0 spiro atoms. The van der Waals surface area contributed by atoms with E-state index in [0.29, 0.717) is 23.0 Å². The minimum atomic E-state index is -3.65. The summed E-state index contributed by atoms with van der Waals surface area (Å²) in [6, 6.07) is 13.1. The summed E-state index contributed by atoms with van der Waals surface area (Å²) in [7, 11) is -2.16. The van der Waals surface area contributed by atoms with Gasteiger partial charge in [-0.25, -0.2) is 8.42 Å². The Kier molecular flexibility index (Phi) is 5.33. The van der Waals surface area contributed by atoms with Gasteiger partial charge in [-0.05, 0) is 43.3 Å². The zero-order chi connectivity index (χ0) is 18.7. The first-order valence-corrected chi connectivity index (χ1v) is 10.4. The number of nitrogens with one attached hydrogen (secondary N) is 1. The molecule has 1 heterocycles. The van der Waals surface area contributed by atoms with Crippen molar-refractivity contribution in [3.63, 3.8) is 0 Å². The number of carbonyl (C=O) groups is 1. The molecule has 2 aromatic rings. The number of aliphatic imine (C=N–C) groups is 1. The normalized spacial score (nSPS) is 14.0. The lowest BCUT2D eigenvalue weighted by molar-refractivity contribution is 0.0978. The summed E-state index contributed by atoms with van der Waals surface area (Å²) in [5, 5.41) is 3.37. The van der Waals surface area contributed by atoms with Gasteiger partial charge in [-0.3, -0.25) is 14.1 Å². The Bertz CT molecular complexity index is 937. The molecule has 1 amide bonds. The lowest BCUT2D eigenvalue weighted by Gasteiger charge is -2.20. The summed E-state index contributed by atoms with van der Waals surface area (Å²) >= 11 is 1.51. The molecule has 0 atom stereocenters. The Hall–Kier alpha value is -2.32. The number of rotatable bonds is 4. The summed E-state index contributed by atoms with van der Waals surface area (Å²) in [5.74, 6) is 0.615. The molecule has 26 heavy (non-hydrogen) atoms. The highest BCUT2D eigenvalue weighted by molar-refractivity contribution is 8.14. The van der Waals surface area contributed by atoms with Crippen molar-refractivity contribution in [2.75, 3.05) is 23.7 Å². The monoisotopic (exact) mass is 389 g/mol. The molecule has 8 heteroatoms. The molecule has 0 saturated heterocycles. The zero-order valence-corrected chi connectivity index (χ0v) is 16.1. The second-order valence-corrected chi connectivity index (χ2v) is 8.87. The van der Waals surface area contributed by atoms with Crippen LogP contribution in [0.5, 0.6) is 0 Å². The van der Waals surface area contributed by atoms with Crippen LogP contribution in [0.15, 0.2) is 58.4 Å². The van der Waals surface area contributed by atoms with Crippen molar-refractivity contribution < 1.29 is 13.2 Å².